The molecule has 100 valence electrons. The molecule has 5 heteroatoms. The molecule has 0 amide bonds. The molecule has 3 rings (SSSR count). The number of nitrogens with one attached hydrogen (secondary N) is 2. The Hall–Kier alpha value is -2.40. The van der Waals surface area contributed by atoms with E-state index >= 15 is 0 Å². The molecule has 0 saturated heterocycles. The first-order valence-corrected chi connectivity index (χ1v) is 6.66. The fourth-order valence-corrected chi connectivity index (χ4v) is 2.39. The lowest BCUT2D eigenvalue weighted by atomic mass is 9.99. The Morgan fingerprint density at radius 2 is 2.05 bits per heavy atom. The van der Waals surface area contributed by atoms with Gasteiger partial charge in [0.05, 0.1) is 5.52 Å². The van der Waals surface area contributed by atoms with E-state index in [1.54, 1.807) is 0 Å². The van der Waals surface area contributed by atoms with Gasteiger partial charge < -0.3 is 11.1 Å². The van der Waals surface area contributed by atoms with Gasteiger partial charge in [0.1, 0.15) is 0 Å². The number of aromatic amines is 1. The Labute approximate surface area is 122 Å². The van der Waals surface area contributed by atoms with Crippen LogP contribution in [-0.2, 0) is 0 Å². The monoisotopic (exact) mass is 282 g/mol. The van der Waals surface area contributed by atoms with Crippen molar-refractivity contribution in [1.29, 1.82) is 0 Å². The standard InChI is InChI=1S/C15H14N4S/c1-9-4-2-3-5-11(9)10-6-7-13-12(8-10)14(19-18-13)17-15(16)20/h2-8H,1H3,(H4,16,17,18,19,20). The van der Waals surface area contributed by atoms with Crippen LogP contribution in [0.4, 0.5) is 5.82 Å². The summed E-state index contributed by atoms with van der Waals surface area (Å²) in [6, 6.07) is 14.5. The molecule has 4 N–H and O–H groups in total. The van der Waals surface area contributed by atoms with Crippen molar-refractivity contribution in [1.82, 2.24) is 10.2 Å². The average molecular weight is 282 g/mol. The number of hydrogen-bond acceptors (Lipinski definition) is 2. The number of nitrogens with zero attached hydrogens (tertiary/aromatic N) is 1. The summed E-state index contributed by atoms with van der Waals surface area (Å²) in [5, 5.41) is 11.2. The number of fused-ring (bicyclic) bond motifs is 1. The molecular weight excluding hydrogens is 268 g/mol. The second-order valence-electron chi connectivity index (χ2n) is 4.64. The Morgan fingerprint density at radius 3 is 2.80 bits per heavy atom. The Bertz CT molecular complexity index is 791. The fourth-order valence-electron chi connectivity index (χ4n) is 2.29. The third-order valence-corrected chi connectivity index (χ3v) is 3.36. The van der Waals surface area contributed by atoms with Crippen molar-refractivity contribution in [3.63, 3.8) is 0 Å². The number of H-pyrrole nitrogens is 1. The van der Waals surface area contributed by atoms with Gasteiger partial charge in [-0.15, -0.1) is 0 Å². The summed E-state index contributed by atoms with van der Waals surface area (Å²) < 4.78 is 0. The third-order valence-electron chi connectivity index (χ3n) is 3.26. The van der Waals surface area contributed by atoms with Gasteiger partial charge in [-0.2, -0.15) is 5.10 Å². The molecule has 0 unspecified atom stereocenters. The van der Waals surface area contributed by atoms with Crippen LogP contribution >= 0.6 is 12.2 Å². The van der Waals surface area contributed by atoms with Gasteiger partial charge in [-0.3, -0.25) is 5.10 Å². The molecule has 1 heterocycles. The second kappa shape index (κ2) is 4.94. The zero-order valence-electron chi connectivity index (χ0n) is 11.0. The highest BCUT2D eigenvalue weighted by Crippen LogP contribution is 2.29. The van der Waals surface area contributed by atoms with Crippen LogP contribution < -0.4 is 11.1 Å². The predicted molar refractivity (Wildman–Crippen MR) is 86.7 cm³/mol. The molecule has 0 radical (unpaired) electrons. The minimum atomic E-state index is 0.208. The maximum Gasteiger partial charge on any atom is 0.169 e. The van der Waals surface area contributed by atoms with Crippen LogP contribution in [0, 0.1) is 6.92 Å². The zero-order valence-corrected chi connectivity index (χ0v) is 11.8. The van der Waals surface area contributed by atoms with Crippen LogP contribution in [0.25, 0.3) is 22.0 Å². The first-order chi connectivity index (χ1) is 9.65. The van der Waals surface area contributed by atoms with Crippen LogP contribution in [0.5, 0.6) is 0 Å². The molecule has 0 fully saturated rings. The Kier molecular flexibility index (Phi) is 3.12. The predicted octanol–water partition coefficient (Wildman–Crippen LogP) is 3.19. The van der Waals surface area contributed by atoms with Crippen molar-refractivity contribution < 1.29 is 0 Å². The van der Waals surface area contributed by atoms with Gasteiger partial charge in [0.25, 0.3) is 0 Å². The number of thiocarbonyl (C=S) groups is 1. The van der Waals surface area contributed by atoms with Crippen molar-refractivity contribution in [2.75, 3.05) is 5.32 Å². The number of aromatic nitrogens is 2. The molecule has 0 saturated carbocycles. The van der Waals surface area contributed by atoms with E-state index in [2.05, 4.69) is 46.7 Å². The molecular formula is C15H14N4S. The summed E-state index contributed by atoms with van der Waals surface area (Å²) in [5.74, 6) is 0.655. The molecule has 0 aliphatic carbocycles. The van der Waals surface area contributed by atoms with Crippen LogP contribution in [-0.4, -0.2) is 15.3 Å². The summed E-state index contributed by atoms with van der Waals surface area (Å²) in [4.78, 5) is 0. The summed E-state index contributed by atoms with van der Waals surface area (Å²) in [5.41, 5.74) is 10.0. The van der Waals surface area contributed by atoms with E-state index in [1.807, 2.05) is 18.2 Å². The Balaban J connectivity index is 2.14. The maximum absolute atomic E-state index is 5.51. The van der Waals surface area contributed by atoms with Gasteiger partial charge >= 0.3 is 0 Å². The van der Waals surface area contributed by atoms with Gasteiger partial charge in [-0.25, -0.2) is 0 Å². The zero-order chi connectivity index (χ0) is 14.1. The topological polar surface area (TPSA) is 66.7 Å². The second-order valence-corrected chi connectivity index (χ2v) is 5.08. The van der Waals surface area contributed by atoms with E-state index in [0.717, 1.165) is 16.5 Å². The van der Waals surface area contributed by atoms with Crippen molar-refractivity contribution in [3.05, 3.63) is 48.0 Å². The van der Waals surface area contributed by atoms with Gasteiger partial charge in [-0.1, -0.05) is 30.3 Å². The molecule has 20 heavy (non-hydrogen) atoms. The lowest BCUT2D eigenvalue weighted by Crippen LogP contribution is -2.19. The number of nitrogens with two attached hydrogens (primary N) is 1. The third kappa shape index (κ3) is 2.23. The number of aryl methyl sites for hydroxylation is 1. The van der Waals surface area contributed by atoms with Gasteiger partial charge in [-0.05, 0) is 48.0 Å². The van der Waals surface area contributed by atoms with E-state index in [9.17, 15) is 0 Å². The van der Waals surface area contributed by atoms with Crippen molar-refractivity contribution in [2.24, 2.45) is 5.73 Å². The normalized spacial score (nSPS) is 10.7. The summed E-state index contributed by atoms with van der Waals surface area (Å²) >= 11 is 4.87. The molecule has 0 aliphatic heterocycles. The van der Waals surface area contributed by atoms with E-state index in [-0.39, 0.29) is 5.11 Å². The number of benzene rings is 2. The lowest BCUT2D eigenvalue weighted by Gasteiger charge is -2.06. The summed E-state index contributed by atoms with van der Waals surface area (Å²) in [6.45, 7) is 2.10. The molecule has 0 aliphatic rings. The first kappa shape index (κ1) is 12.6. The average Bonchev–Trinajstić information content (AvgIpc) is 2.81. The Morgan fingerprint density at radius 1 is 1.25 bits per heavy atom. The molecule has 4 nitrogen and oxygen atoms in total. The lowest BCUT2D eigenvalue weighted by molar-refractivity contribution is 1.12. The van der Waals surface area contributed by atoms with Gasteiger partial charge in [0, 0.05) is 5.39 Å². The van der Waals surface area contributed by atoms with Crippen LogP contribution in [0.3, 0.4) is 0 Å². The van der Waals surface area contributed by atoms with Crippen molar-refractivity contribution in [3.8, 4) is 11.1 Å². The quantitative estimate of drug-likeness (QED) is 0.631. The molecule has 3 aromatic rings. The van der Waals surface area contributed by atoms with Gasteiger partial charge in [0.2, 0.25) is 0 Å². The smallest absolute Gasteiger partial charge is 0.169 e. The number of hydrogen-bond donors (Lipinski definition) is 3. The van der Waals surface area contributed by atoms with Crippen molar-refractivity contribution in [2.45, 2.75) is 6.92 Å². The molecule has 2 aromatic carbocycles. The highest BCUT2D eigenvalue weighted by Gasteiger charge is 2.08. The van der Waals surface area contributed by atoms with Crippen LogP contribution in [0.2, 0.25) is 0 Å². The number of anilines is 1. The van der Waals surface area contributed by atoms with E-state index < -0.39 is 0 Å². The SMILES string of the molecule is Cc1ccccc1-c1ccc2[nH]nc(NC(N)=S)c2c1. The summed E-state index contributed by atoms with van der Waals surface area (Å²) in [6.07, 6.45) is 0. The van der Waals surface area contributed by atoms with Gasteiger partial charge in [0.15, 0.2) is 10.9 Å². The largest absolute Gasteiger partial charge is 0.376 e. The molecule has 0 spiro atoms. The number of rotatable bonds is 2. The van der Waals surface area contributed by atoms with E-state index in [4.69, 9.17) is 18.0 Å². The van der Waals surface area contributed by atoms with E-state index in [1.165, 1.54) is 11.1 Å². The highest BCUT2D eigenvalue weighted by atomic mass is 32.1. The van der Waals surface area contributed by atoms with Crippen LogP contribution in [0.15, 0.2) is 42.5 Å². The highest BCUT2D eigenvalue weighted by molar-refractivity contribution is 7.80. The first-order valence-electron chi connectivity index (χ1n) is 6.26. The molecule has 1 aromatic heterocycles. The van der Waals surface area contributed by atoms with Crippen LogP contribution in [0.1, 0.15) is 5.56 Å². The minimum absolute atomic E-state index is 0.208. The summed E-state index contributed by atoms with van der Waals surface area (Å²) in [7, 11) is 0. The minimum Gasteiger partial charge on any atom is -0.376 e. The van der Waals surface area contributed by atoms with Crippen molar-refractivity contribution >= 4 is 34.1 Å². The fraction of sp³-hybridized carbons (Fsp3) is 0.0667. The molecule has 0 atom stereocenters. The molecule has 0 bridgehead atoms. The van der Waals surface area contributed by atoms with E-state index in [0.29, 0.717) is 5.82 Å². The maximum atomic E-state index is 5.51.